The highest BCUT2D eigenvalue weighted by atomic mass is 79.9. The molecule has 2 heterocycles. The van der Waals surface area contributed by atoms with Crippen LogP contribution in [-0.2, 0) is 7.05 Å². The van der Waals surface area contributed by atoms with Gasteiger partial charge in [-0.25, -0.2) is 0 Å². The predicted octanol–water partition coefficient (Wildman–Crippen LogP) is 3.18. The minimum Gasteiger partial charge on any atom is -0.368 e. The first-order valence-corrected chi connectivity index (χ1v) is 5.92. The van der Waals surface area contributed by atoms with Crippen molar-refractivity contribution < 1.29 is 4.52 Å². The van der Waals surface area contributed by atoms with E-state index >= 15 is 0 Å². The molecule has 86 valence electrons. The summed E-state index contributed by atoms with van der Waals surface area (Å²) in [6.45, 7) is 0. The van der Waals surface area contributed by atoms with E-state index in [1.54, 1.807) is 6.07 Å². The molecule has 0 saturated carbocycles. The largest absolute Gasteiger partial charge is 0.368 e. The van der Waals surface area contributed by atoms with Gasteiger partial charge in [-0.2, -0.15) is 0 Å². The van der Waals surface area contributed by atoms with Crippen LogP contribution >= 0.6 is 15.9 Å². The molecule has 3 rings (SSSR count). The fourth-order valence-corrected chi connectivity index (χ4v) is 2.67. The predicted molar refractivity (Wildman–Crippen MR) is 70.5 cm³/mol. The summed E-state index contributed by atoms with van der Waals surface area (Å²) in [7, 11) is 1.99. The highest BCUT2D eigenvalue weighted by Gasteiger charge is 2.12. The van der Waals surface area contributed by atoms with Crippen LogP contribution in [0.1, 0.15) is 0 Å². The van der Waals surface area contributed by atoms with Gasteiger partial charge in [-0.05, 0) is 28.1 Å². The summed E-state index contributed by atoms with van der Waals surface area (Å²) >= 11 is 3.55. The Morgan fingerprint density at radius 3 is 2.82 bits per heavy atom. The van der Waals surface area contributed by atoms with Crippen molar-refractivity contribution in [2.24, 2.45) is 7.05 Å². The molecule has 4 nitrogen and oxygen atoms in total. The summed E-state index contributed by atoms with van der Waals surface area (Å²) in [5.74, 6) is 0.323. The van der Waals surface area contributed by atoms with E-state index in [1.807, 2.05) is 19.2 Å². The minimum absolute atomic E-state index is 0.323. The molecule has 0 saturated heterocycles. The van der Waals surface area contributed by atoms with Crippen molar-refractivity contribution in [2.45, 2.75) is 0 Å². The zero-order chi connectivity index (χ0) is 12.0. The fourth-order valence-electron chi connectivity index (χ4n) is 2.02. The molecule has 0 aliphatic rings. The SMILES string of the molecule is Cn1c(-c2cc(N)on2)cc2cccc(Br)c21. The van der Waals surface area contributed by atoms with E-state index in [0.29, 0.717) is 5.88 Å². The minimum atomic E-state index is 0.323. The van der Waals surface area contributed by atoms with Gasteiger partial charge in [0, 0.05) is 23.0 Å². The number of nitrogen functional groups attached to an aromatic ring is 1. The van der Waals surface area contributed by atoms with Crippen molar-refractivity contribution in [2.75, 3.05) is 5.73 Å². The number of hydrogen-bond acceptors (Lipinski definition) is 3. The average Bonchev–Trinajstić information content (AvgIpc) is 2.84. The van der Waals surface area contributed by atoms with E-state index < -0.39 is 0 Å². The first kappa shape index (κ1) is 10.4. The molecule has 5 heteroatoms. The first-order chi connectivity index (χ1) is 8.16. The lowest BCUT2D eigenvalue weighted by Gasteiger charge is -2.01. The van der Waals surface area contributed by atoms with Crippen molar-refractivity contribution in [3.63, 3.8) is 0 Å². The molecular formula is C12H10BrN3O. The van der Waals surface area contributed by atoms with Crippen LogP contribution in [0.25, 0.3) is 22.3 Å². The lowest BCUT2D eigenvalue weighted by molar-refractivity contribution is 0.439. The van der Waals surface area contributed by atoms with Gasteiger partial charge in [-0.15, -0.1) is 0 Å². The van der Waals surface area contributed by atoms with Crippen molar-refractivity contribution in [1.82, 2.24) is 9.72 Å². The number of nitrogens with zero attached hydrogens (tertiary/aromatic N) is 2. The highest BCUT2D eigenvalue weighted by molar-refractivity contribution is 9.10. The van der Waals surface area contributed by atoms with Gasteiger partial charge >= 0.3 is 0 Å². The highest BCUT2D eigenvalue weighted by Crippen LogP contribution is 2.31. The van der Waals surface area contributed by atoms with Gasteiger partial charge < -0.3 is 14.8 Å². The number of aromatic nitrogens is 2. The van der Waals surface area contributed by atoms with E-state index in [2.05, 4.69) is 37.8 Å². The summed E-state index contributed by atoms with van der Waals surface area (Å²) in [6, 6.07) is 9.88. The zero-order valence-electron chi connectivity index (χ0n) is 9.14. The molecule has 1 aromatic carbocycles. The summed E-state index contributed by atoms with van der Waals surface area (Å²) < 4.78 is 8.02. The maximum Gasteiger partial charge on any atom is 0.222 e. The number of aryl methyl sites for hydroxylation is 1. The monoisotopic (exact) mass is 291 g/mol. The number of para-hydroxylation sites is 1. The Morgan fingerprint density at radius 2 is 2.18 bits per heavy atom. The Labute approximate surface area is 106 Å². The lowest BCUT2D eigenvalue weighted by Crippen LogP contribution is -1.91. The molecule has 17 heavy (non-hydrogen) atoms. The lowest BCUT2D eigenvalue weighted by atomic mass is 10.2. The normalized spacial score (nSPS) is 11.2. The van der Waals surface area contributed by atoms with Crippen LogP contribution in [0.3, 0.4) is 0 Å². The zero-order valence-corrected chi connectivity index (χ0v) is 10.7. The molecular weight excluding hydrogens is 282 g/mol. The number of hydrogen-bond donors (Lipinski definition) is 1. The van der Waals surface area contributed by atoms with Gasteiger partial charge in [0.15, 0.2) is 0 Å². The van der Waals surface area contributed by atoms with Gasteiger partial charge in [0.25, 0.3) is 0 Å². The molecule has 0 unspecified atom stereocenters. The smallest absolute Gasteiger partial charge is 0.222 e. The molecule has 3 aromatic rings. The number of benzene rings is 1. The summed E-state index contributed by atoms with van der Waals surface area (Å²) in [5, 5.41) is 5.09. The molecule has 0 bridgehead atoms. The fraction of sp³-hybridized carbons (Fsp3) is 0.0833. The first-order valence-electron chi connectivity index (χ1n) is 5.13. The third-order valence-electron chi connectivity index (χ3n) is 2.80. The van der Waals surface area contributed by atoms with Crippen LogP contribution in [-0.4, -0.2) is 9.72 Å². The van der Waals surface area contributed by atoms with Crippen molar-refractivity contribution in [3.05, 3.63) is 34.8 Å². The topological polar surface area (TPSA) is 57.0 Å². The Hall–Kier alpha value is -1.75. The molecule has 2 aromatic heterocycles. The van der Waals surface area contributed by atoms with E-state index in [1.165, 1.54) is 0 Å². The molecule has 0 radical (unpaired) electrons. The number of fused-ring (bicyclic) bond motifs is 1. The number of anilines is 1. The second kappa shape index (κ2) is 3.63. The molecule has 0 aliphatic carbocycles. The Balaban J connectivity index is 2.32. The summed E-state index contributed by atoms with van der Waals surface area (Å²) in [5.41, 5.74) is 8.39. The molecule has 0 aliphatic heterocycles. The van der Waals surface area contributed by atoms with Gasteiger partial charge in [-0.3, -0.25) is 0 Å². The van der Waals surface area contributed by atoms with Crippen molar-refractivity contribution in [3.8, 4) is 11.4 Å². The maximum absolute atomic E-state index is 5.54. The number of rotatable bonds is 1. The summed E-state index contributed by atoms with van der Waals surface area (Å²) in [4.78, 5) is 0. The third kappa shape index (κ3) is 1.54. The van der Waals surface area contributed by atoms with E-state index in [0.717, 1.165) is 26.8 Å². The van der Waals surface area contributed by atoms with Crippen LogP contribution in [0.15, 0.2) is 39.3 Å². The van der Waals surface area contributed by atoms with Gasteiger partial charge in [0.05, 0.1) is 11.2 Å². The number of halogens is 1. The average molecular weight is 292 g/mol. The standard InChI is InChI=1S/C12H10BrN3O/c1-16-10(9-6-11(14)17-15-9)5-7-3-2-4-8(13)12(7)16/h2-6H,14H2,1H3. The Morgan fingerprint density at radius 1 is 1.35 bits per heavy atom. The third-order valence-corrected chi connectivity index (χ3v) is 3.44. The van der Waals surface area contributed by atoms with Crippen LogP contribution in [0.5, 0.6) is 0 Å². The van der Waals surface area contributed by atoms with Crippen LogP contribution in [0.2, 0.25) is 0 Å². The second-order valence-corrected chi connectivity index (χ2v) is 4.74. The van der Waals surface area contributed by atoms with Gasteiger partial charge in [-0.1, -0.05) is 17.3 Å². The van der Waals surface area contributed by atoms with Crippen LogP contribution in [0.4, 0.5) is 5.88 Å². The Bertz CT molecular complexity index is 699. The van der Waals surface area contributed by atoms with Gasteiger partial charge in [0.1, 0.15) is 5.69 Å². The number of nitrogens with two attached hydrogens (primary N) is 1. The van der Waals surface area contributed by atoms with Crippen molar-refractivity contribution >= 4 is 32.7 Å². The van der Waals surface area contributed by atoms with Crippen LogP contribution in [0, 0.1) is 0 Å². The van der Waals surface area contributed by atoms with E-state index in [-0.39, 0.29) is 0 Å². The van der Waals surface area contributed by atoms with Gasteiger partial charge in [0.2, 0.25) is 5.88 Å². The molecule has 2 N–H and O–H groups in total. The Kier molecular flexibility index (Phi) is 2.22. The molecule has 0 fully saturated rings. The van der Waals surface area contributed by atoms with E-state index in [9.17, 15) is 0 Å². The molecule has 0 amide bonds. The van der Waals surface area contributed by atoms with Crippen molar-refractivity contribution in [1.29, 1.82) is 0 Å². The molecule has 0 atom stereocenters. The second-order valence-electron chi connectivity index (χ2n) is 3.88. The summed E-state index contributed by atoms with van der Waals surface area (Å²) in [6.07, 6.45) is 0. The van der Waals surface area contributed by atoms with Crippen LogP contribution < -0.4 is 5.73 Å². The molecule has 0 spiro atoms. The quantitative estimate of drug-likeness (QED) is 0.749. The van der Waals surface area contributed by atoms with E-state index in [4.69, 9.17) is 10.3 Å². The maximum atomic E-state index is 5.54.